The Labute approximate surface area is 156 Å². The van der Waals surface area contributed by atoms with Crippen LogP contribution in [-0.4, -0.2) is 43.1 Å². The van der Waals surface area contributed by atoms with Gasteiger partial charge in [0.25, 0.3) is 0 Å². The zero-order chi connectivity index (χ0) is 19.4. The van der Waals surface area contributed by atoms with Gasteiger partial charge in [-0.3, -0.25) is 4.79 Å². The van der Waals surface area contributed by atoms with Gasteiger partial charge in [0.05, 0.1) is 11.3 Å². The molecule has 3 aromatic rings. The first-order valence-electron chi connectivity index (χ1n) is 8.71. The van der Waals surface area contributed by atoms with Gasteiger partial charge in [-0.1, -0.05) is 6.92 Å². The number of ketones is 1. The van der Waals surface area contributed by atoms with Crippen molar-refractivity contribution >= 4 is 11.8 Å². The predicted octanol–water partition coefficient (Wildman–Crippen LogP) is 2.53. The van der Waals surface area contributed by atoms with Crippen LogP contribution in [0, 0.1) is 13.8 Å². The Morgan fingerprint density at radius 1 is 1.15 bits per heavy atom. The van der Waals surface area contributed by atoms with Crippen LogP contribution in [0.3, 0.4) is 0 Å². The number of aryl methyl sites for hydroxylation is 1. The topological polar surface area (TPSA) is 91.9 Å². The first kappa shape index (κ1) is 18.5. The molecule has 140 valence electrons. The number of nitrogens with zero attached hydrogens (tertiary/aromatic N) is 5. The van der Waals surface area contributed by atoms with Gasteiger partial charge >= 0.3 is 5.97 Å². The minimum absolute atomic E-state index is 0.205. The average Bonchev–Trinajstić information content (AvgIpc) is 3.30. The Bertz CT molecular complexity index is 943. The summed E-state index contributed by atoms with van der Waals surface area (Å²) in [6.45, 7) is 6.54. The molecule has 0 N–H and O–H groups in total. The lowest BCUT2D eigenvalue weighted by Crippen LogP contribution is -2.15. The van der Waals surface area contributed by atoms with E-state index < -0.39 is 5.97 Å². The second kappa shape index (κ2) is 7.94. The monoisotopic (exact) mass is 367 g/mol. The molecule has 0 atom stereocenters. The summed E-state index contributed by atoms with van der Waals surface area (Å²) >= 11 is 0. The van der Waals surface area contributed by atoms with Gasteiger partial charge < -0.3 is 9.30 Å². The van der Waals surface area contributed by atoms with Crippen LogP contribution in [0.1, 0.15) is 45.4 Å². The number of hydrogen-bond donors (Lipinski definition) is 0. The van der Waals surface area contributed by atoms with E-state index >= 15 is 0 Å². The third-order valence-electron chi connectivity index (χ3n) is 4.37. The van der Waals surface area contributed by atoms with Crippen molar-refractivity contribution < 1.29 is 14.3 Å². The van der Waals surface area contributed by atoms with E-state index in [1.165, 1.54) is 11.0 Å². The number of aromatic nitrogens is 5. The van der Waals surface area contributed by atoms with Crippen molar-refractivity contribution in [1.29, 1.82) is 0 Å². The van der Waals surface area contributed by atoms with Crippen LogP contribution in [-0.2, 0) is 11.3 Å². The maximum Gasteiger partial charge on any atom is 0.338 e. The summed E-state index contributed by atoms with van der Waals surface area (Å²) < 4.78 is 8.77. The molecule has 1 aromatic carbocycles. The van der Waals surface area contributed by atoms with E-state index in [1.54, 1.807) is 24.3 Å². The molecule has 0 fully saturated rings. The molecule has 8 nitrogen and oxygen atoms in total. The zero-order valence-corrected chi connectivity index (χ0v) is 15.5. The molecule has 8 heteroatoms. The van der Waals surface area contributed by atoms with Crippen LogP contribution in [0.2, 0.25) is 0 Å². The number of carbonyl (C=O) groups is 2. The van der Waals surface area contributed by atoms with Crippen molar-refractivity contribution in [2.45, 2.75) is 33.7 Å². The quantitative estimate of drug-likeness (QED) is 0.471. The van der Waals surface area contributed by atoms with Gasteiger partial charge in [-0.25, -0.2) is 9.48 Å². The fourth-order valence-corrected chi connectivity index (χ4v) is 2.97. The van der Waals surface area contributed by atoms with Gasteiger partial charge in [0.1, 0.15) is 6.33 Å². The number of hydrogen-bond acceptors (Lipinski definition) is 6. The van der Waals surface area contributed by atoms with Gasteiger partial charge in [-0.2, -0.15) is 0 Å². The molecule has 0 spiro atoms. The Morgan fingerprint density at radius 2 is 1.89 bits per heavy atom. The molecule has 3 rings (SSSR count). The fourth-order valence-electron chi connectivity index (χ4n) is 2.97. The number of esters is 1. The van der Waals surface area contributed by atoms with Crippen LogP contribution in [0.4, 0.5) is 0 Å². The highest BCUT2D eigenvalue weighted by Gasteiger charge is 2.17. The largest absolute Gasteiger partial charge is 0.454 e. The van der Waals surface area contributed by atoms with E-state index in [0.717, 1.165) is 30.0 Å². The van der Waals surface area contributed by atoms with Crippen LogP contribution >= 0.6 is 0 Å². The van der Waals surface area contributed by atoms with Crippen molar-refractivity contribution in [3.63, 3.8) is 0 Å². The Morgan fingerprint density at radius 3 is 2.52 bits per heavy atom. The minimum Gasteiger partial charge on any atom is -0.454 e. The Hall–Kier alpha value is -3.29. The Balaban J connectivity index is 1.63. The highest BCUT2D eigenvalue weighted by molar-refractivity contribution is 6.00. The van der Waals surface area contributed by atoms with Crippen LogP contribution in [0.25, 0.3) is 5.69 Å². The van der Waals surface area contributed by atoms with Gasteiger partial charge in [-0.05, 0) is 61.0 Å². The molecule has 0 aliphatic rings. The smallest absolute Gasteiger partial charge is 0.338 e. The van der Waals surface area contributed by atoms with Gasteiger partial charge in [0, 0.05) is 23.5 Å². The second-order valence-electron chi connectivity index (χ2n) is 6.24. The third-order valence-corrected chi connectivity index (χ3v) is 4.37. The molecule has 0 bridgehead atoms. The molecular weight excluding hydrogens is 346 g/mol. The Kier molecular flexibility index (Phi) is 5.44. The summed E-state index contributed by atoms with van der Waals surface area (Å²) in [6, 6.07) is 8.47. The summed E-state index contributed by atoms with van der Waals surface area (Å²) in [6.07, 6.45) is 2.45. The summed E-state index contributed by atoms with van der Waals surface area (Å²) in [5.41, 5.74) is 3.61. The van der Waals surface area contributed by atoms with Crippen LogP contribution in [0.5, 0.6) is 0 Å². The van der Waals surface area contributed by atoms with E-state index in [1.807, 2.05) is 19.9 Å². The summed E-state index contributed by atoms with van der Waals surface area (Å²) in [5.74, 6) is -0.752. The van der Waals surface area contributed by atoms with E-state index in [-0.39, 0.29) is 12.4 Å². The standard InChI is InChI=1S/C19H21N5O3/c1-4-9-23-13(2)10-17(14(23)3)18(25)11-27-19(26)15-5-7-16(8-6-15)24-12-20-21-22-24/h5-8,10,12H,4,9,11H2,1-3H3. The second-order valence-corrected chi connectivity index (χ2v) is 6.24. The van der Waals surface area contributed by atoms with Crippen LogP contribution in [0.15, 0.2) is 36.7 Å². The maximum absolute atomic E-state index is 12.5. The molecule has 0 aliphatic carbocycles. The molecular formula is C19H21N5O3. The summed E-state index contributed by atoms with van der Waals surface area (Å²) in [5, 5.41) is 10.9. The predicted molar refractivity (Wildman–Crippen MR) is 98.0 cm³/mol. The van der Waals surface area contributed by atoms with Crippen LogP contribution < -0.4 is 0 Å². The van der Waals surface area contributed by atoms with Gasteiger partial charge in [0.15, 0.2) is 6.61 Å². The fraction of sp³-hybridized carbons (Fsp3) is 0.316. The van der Waals surface area contributed by atoms with Crippen molar-refractivity contribution in [3.05, 3.63) is 59.2 Å². The third kappa shape index (κ3) is 3.94. The number of benzene rings is 1. The first-order chi connectivity index (χ1) is 13.0. The molecule has 0 saturated carbocycles. The number of Topliss-reactive ketones (excluding diaryl/α,β-unsaturated/α-hetero) is 1. The molecule has 27 heavy (non-hydrogen) atoms. The molecule has 0 unspecified atom stereocenters. The lowest BCUT2D eigenvalue weighted by Gasteiger charge is -2.08. The minimum atomic E-state index is -0.547. The molecule has 0 radical (unpaired) electrons. The maximum atomic E-state index is 12.5. The molecule has 0 amide bonds. The molecule has 2 heterocycles. The van der Waals surface area contributed by atoms with E-state index in [0.29, 0.717) is 11.1 Å². The number of tetrazole rings is 1. The highest BCUT2D eigenvalue weighted by atomic mass is 16.5. The van der Waals surface area contributed by atoms with Crippen molar-refractivity contribution in [2.24, 2.45) is 0 Å². The zero-order valence-electron chi connectivity index (χ0n) is 15.5. The highest BCUT2D eigenvalue weighted by Crippen LogP contribution is 2.17. The van der Waals surface area contributed by atoms with Gasteiger partial charge in [0.2, 0.25) is 5.78 Å². The van der Waals surface area contributed by atoms with Crippen molar-refractivity contribution in [2.75, 3.05) is 6.61 Å². The lowest BCUT2D eigenvalue weighted by molar-refractivity contribution is 0.0474. The number of carbonyl (C=O) groups excluding carboxylic acids is 2. The van der Waals surface area contributed by atoms with E-state index in [2.05, 4.69) is 27.0 Å². The number of ether oxygens (including phenoxy) is 1. The lowest BCUT2D eigenvalue weighted by atomic mass is 10.1. The molecule has 2 aromatic heterocycles. The van der Waals surface area contributed by atoms with Gasteiger partial charge in [-0.15, -0.1) is 5.10 Å². The van der Waals surface area contributed by atoms with E-state index in [4.69, 9.17) is 4.74 Å². The number of rotatable bonds is 7. The normalized spacial score (nSPS) is 10.8. The van der Waals surface area contributed by atoms with Crippen molar-refractivity contribution in [1.82, 2.24) is 24.8 Å². The average molecular weight is 367 g/mol. The SMILES string of the molecule is CCCn1c(C)cc(C(=O)COC(=O)c2ccc(-n3cnnn3)cc2)c1C. The summed E-state index contributed by atoms with van der Waals surface area (Å²) in [7, 11) is 0. The summed E-state index contributed by atoms with van der Waals surface area (Å²) in [4.78, 5) is 24.7. The molecule has 0 saturated heterocycles. The van der Waals surface area contributed by atoms with E-state index in [9.17, 15) is 9.59 Å². The first-order valence-corrected chi connectivity index (χ1v) is 8.71. The van der Waals surface area contributed by atoms with Crippen molar-refractivity contribution in [3.8, 4) is 5.69 Å². The molecule has 0 aliphatic heterocycles.